The Morgan fingerprint density at radius 1 is 1.20 bits per heavy atom. The zero-order chi connectivity index (χ0) is 6.69. The third-order valence-corrected chi connectivity index (χ3v) is 1.22. The van der Waals surface area contributed by atoms with E-state index in [0.29, 0.717) is 5.56 Å². The van der Waals surface area contributed by atoms with Crippen molar-refractivity contribution in [2.24, 2.45) is 0 Å². The third-order valence-electron chi connectivity index (χ3n) is 1.00. The van der Waals surface area contributed by atoms with Gasteiger partial charge in [-0.1, -0.05) is 30.3 Å². The molecule has 0 aliphatic carbocycles. The quantitative estimate of drug-likeness (QED) is 0.558. The molecule has 0 unspecified atom stereocenters. The van der Waals surface area contributed by atoms with Crippen molar-refractivity contribution in [1.82, 2.24) is 0 Å². The zero-order valence-corrected chi connectivity index (χ0v) is 9.82. The molecule has 0 aliphatic heterocycles. The van der Waals surface area contributed by atoms with Crippen LogP contribution in [-0.2, 0) is 0 Å². The van der Waals surface area contributed by atoms with E-state index in [0.717, 1.165) is 0 Å². The summed E-state index contributed by atoms with van der Waals surface area (Å²) in [7, 11) is 0. The molecule has 4 radical (unpaired) electrons. The van der Waals surface area contributed by atoms with E-state index in [2.05, 4.69) is 0 Å². The molecule has 0 amide bonds. The molecular weight excluding hydrogens is 343 g/mol. The summed E-state index contributed by atoms with van der Waals surface area (Å²) in [5.41, 5.74) is 0.541. The van der Waals surface area contributed by atoms with Crippen LogP contribution in [0.5, 0.6) is 0 Å². The average molecular weight is 348 g/mol. The summed E-state index contributed by atoms with van der Waals surface area (Å²) >= 11 is 5.16. The standard InChI is InChI=1S/C7H5ClO.Pb/c8-7(9)6-4-2-1-3-5-6;/h1-5H;. The molecule has 0 fully saturated rings. The molecule has 1 aromatic carbocycles. The fourth-order valence-corrected chi connectivity index (χ4v) is 0.695. The van der Waals surface area contributed by atoms with Crippen LogP contribution in [0.2, 0.25) is 0 Å². The molecule has 0 aromatic heterocycles. The first-order valence-corrected chi connectivity index (χ1v) is 2.93. The first-order chi connectivity index (χ1) is 4.30. The first-order valence-electron chi connectivity index (χ1n) is 2.55. The molecule has 1 aromatic rings. The van der Waals surface area contributed by atoms with Crippen LogP contribution in [-0.4, -0.2) is 32.5 Å². The van der Waals surface area contributed by atoms with E-state index < -0.39 is 5.24 Å². The molecule has 1 rings (SSSR count). The van der Waals surface area contributed by atoms with Crippen LogP contribution >= 0.6 is 11.6 Å². The van der Waals surface area contributed by atoms with Gasteiger partial charge in [-0.25, -0.2) is 0 Å². The summed E-state index contributed by atoms with van der Waals surface area (Å²) in [6, 6.07) is 8.74. The predicted molar refractivity (Wildman–Crippen MR) is 42.4 cm³/mol. The smallest absolute Gasteiger partial charge is 0.252 e. The van der Waals surface area contributed by atoms with Crippen molar-refractivity contribution < 1.29 is 4.79 Å². The Morgan fingerprint density at radius 3 is 2.00 bits per heavy atom. The Bertz CT molecular complexity index is 210. The Labute approximate surface area is 84.5 Å². The van der Waals surface area contributed by atoms with E-state index in [1.807, 2.05) is 6.07 Å². The SMILES string of the molecule is O=C(Cl)c1ccccc1.[Pb]. The van der Waals surface area contributed by atoms with Gasteiger partial charge in [0.05, 0.1) is 0 Å². The van der Waals surface area contributed by atoms with Gasteiger partial charge in [0.1, 0.15) is 0 Å². The Balaban J connectivity index is 0.000000810. The molecule has 10 heavy (non-hydrogen) atoms. The molecule has 0 aliphatic rings. The fraction of sp³-hybridized carbons (Fsp3) is 0. The van der Waals surface area contributed by atoms with Gasteiger partial charge in [0, 0.05) is 32.9 Å². The van der Waals surface area contributed by atoms with Crippen LogP contribution in [0.15, 0.2) is 30.3 Å². The van der Waals surface area contributed by atoms with Crippen molar-refractivity contribution in [3.63, 3.8) is 0 Å². The van der Waals surface area contributed by atoms with E-state index in [4.69, 9.17) is 11.6 Å². The van der Waals surface area contributed by atoms with Crippen LogP contribution in [0.3, 0.4) is 0 Å². The molecule has 3 heteroatoms. The minimum Gasteiger partial charge on any atom is -0.276 e. The van der Waals surface area contributed by atoms with Crippen LogP contribution < -0.4 is 0 Å². The molecule has 0 spiro atoms. The number of rotatable bonds is 1. The van der Waals surface area contributed by atoms with Crippen molar-refractivity contribution in [2.45, 2.75) is 0 Å². The van der Waals surface area contributed by atoms with Crippen LogP contribution in [0.25, 0.3) is 0 Å². The van der Waals surface area contributed by atoms with E-state index in [1.54, 1.807) is 24.3 Å². The molecule has 0 heterocycles. The Kier molecular flexibility index (Phi) is 4.90. The van der Waals surface area contributed by atoms with E-state index >= 15 is 0 Å². The maximum Gasteiger partial charge on any atom is 0.252 e. The number of benzene rings is 1. The van der Waals surface area contributed by atoms with Crippen molar-refractivity contribution in [1.29, 1.82) is 0 Å². The second kappa shape index (κ2) is 4.85. The number of hydrogen-bond donors (Lipinski definition) is 0. The van der Waals surface area contributed by atoms with E-state index in [-0.39, 0.29) is 27.3 Å². The summed E-state index contributed by atoms with van der Waals surface area (Å²) in [6.45, 7) is 0. The molecule has 0 saturated carbocycles. The Hall–Kier alpha value is 0.102. The molecule has 0 bridgehead atoms. The average Bonchev–Trinajstić information content (AvgIpc) is 1.90. The minimum absolute atomic E-state index is 0. The monoisotopic (exact) mass is 348 g/mol. The summed E-state index contributed by atoms with van der Waals surface area (Å²) in [4.78, 5) is 10.4. The fourth-order valence-electron chi connectivity index (χ4n) is 0.569. The number of carbonyl (C=O) groups excluding carboxylic acids is 1. The zero-order valence-electron chi connectivity index (χ0n) is 5.17. The van der Waals surface area contributed by atoms with Gasteiger partial charge in [0.15, 0.2) is 0 Å². The van der Waals surface area contributed by atoms with Crippen LogP contribution in [0.1, 0.15) is 10.4 Å². The van der Waals surface area contributed by atoms with Gasteiger partial charge in [-0.3, -0.25) is 4.79 Å². The number of halogens is 1. The maximum atomic E-state index is 10.4. The van der Waals surface area contributed by atoms with Crippen molar-refractivity contribution in [2.75, 3.05) is 0 Å². The number of carbonyl (C=O) groups is 1. The van der Waals surface area contributed by atoms with E-state index in [1.165, 1.54) is 0 Å². The van der Waals surface area contributed by atoms with Gasteiger partial charge >= 0.3 is 0 Å². The van der Waals surface area contributed by atoms with Gasteiger partial charge < -0.3 is 0 Å². The third kappa shape index (κ3) is 2.79. The molecule has 1 nitrogen and oxygen atoms in total. The largest absolute Gasteiger partial charge is 0.276 e. The first kappa shape index (κ1) is 10.1. The minimum atomic E-state index is -0.407. The molecular formula is C7H5ClOPb. The number of hydrogen-bond acceptors (Lipinski definition) is 1. The molecule has 0 atom stereocenters. The second-order valence-corrected chi connectivity index (χ2v) is 1.98. The van der Waals surface area contributed by atoms with Gasteiger partial charge in [0.2, 0.25) is 0 Å². The summed E-state index contributed by atoms with van der Waals surface area (Å²) in [5, 5.41) is -0.407. The van der Waals surface area contributed by atoms with Crippen molar-refractivity contribution >= 4 is 44.1 Å². The van der Waals surface area contributed by atoms with E-state index in [9.17, 15) is 4.79 Å². The summed E-state index contributed by atoms with van der Waals surface area (Å²) in [6.07, 6.45) is 0. The normalized spacial score (nSPS) is 8.10. The maximum absolute atomic E-state index is 10.4. The van der Waals surface area contributed by atoms with Gasteiger partial charge in [-0.2, -0.15) is 0 Å². The van der Waals surface area contributed by atoms with Crippen LogP contribution in [0, 0.1) is 0 Å². The van der Waals surface area contributed by atoms with Gasteiger partial charge in [0.25, 0.3) is 5.24 Å². The van der Waals surface area contributed by atoms with Crippen molar-refractivity contribution in [3.8, 4) is 0 Å². The van der Waals surface area contributed by atoms with Crippen molar-refractivity contribution in [3.05, 3.63) is 35.9 Å². The van der Waals surface area contributed by atoms with Gasteiger partial charge in [-0.05, 0) is 11.6 Å². The Morgan fingerprint density at radius 2 is 1.70 bits per heavy atom. The topological polar surface area (TPSA) is 17.1 Å². The summed E-state index contributed by atoms with van der Waals surface area (Å²) < 4.78 is 0. The predicted octanol–water partition coefficient (Wildman–Crippen LogP) is 1.68. The second-order valence-electron chi connectivity index (χ2n) is 1.64. The van der Waals surface area contributed by atoms with Gasteiger partial charge in [-0.15, -0.1) is 0 Å². The molecule has 0 saturated heterocycles. The summed E-state index contributed by atoms with van der Waals surface area (Å²) in [5.74, 6) is 0. The van der Waals surface area contributed by atoms with Crippen LogP contribution in [0.4, 0.5) is 0 Å². The molecule has 0 N–H and O–H groups in total. The molecule has 50 valence electrons.